The fourth-order valence-corrected chi connectivity index (χ4v) is 6.70. The van der Waals surface area contributed by atoms with Gasteiger partial charge in [-0.15, -0.1) is 0 Å². The predicted molar refractivity (Wildman–Crippen MR) is 144 cm³/mol. The van der Waals surface area contributed by atoms with Crippen molar-refractivity contribution in [3.05, 3.63) is 70.1 Å². The highest BCUT2D eigenvalue weighted by molar-refractivity contribution is 6.33. The van der Waals surface area contributed by atoms with E-state index in [1.807, 2.05) is 30.3 Å². The summed E-state index contributed by atoms with van der Waals surface area (Å²) in [5.74, 6) is 0.309. The summed E-state index contributed by atoms with van der Waals surface area (Å²) < 4.78 is 17.9. The third-order valence-electron chi connectivity index (χ3n) is 8.48. The second-order valence-corrected chi connectivity index (χ2v) is 11.3. The summed E-state index contributed by atoms with van der Waals surface area (Å²) in [5, 5.41) is 15.3. The van der Waals surface area contributed by atoms with Gasteiger partial charge in [0.1, 0.15) is 17.0 Å². The lowest BCUT2D eigenvalue weighted by atomic mass is 9.96. The zero-order chi connectivity index (χ0) is 26.0. The maximum Gasteiger partial charge on any atom is 0.371 e. The number of aromatic carboxylic acids is 1. The van der Waals surface area contributed by atoms with Crippen LogP contribution in [0.25, 0.3) is 22.2 Å². The highest BCUT2D eigenvalue weighted by Crippen LogP contribution is 2.46. The molecule has 3 aliphatic rings. The topological polar surface area (TPSA) is 88.9 Å². The molecule has 2 atom stereocenters. The fourth-order valence-electron chi connectivity index (χ4n) is 6.48. The van der Waals surface area contributed by atoms with Crippen molar-refractivity contribution in [1.82, 2.24) is 5.16 Å². The van der Waals surface area contributed by atoms with E-state index in [1.165, 1.54) is 0 Å². The standard InChI is InChI=1S/C30H29ClN2O5/c1-16-22-14-27(30(34)35)37-26(22)11-10-25(16)33-18-8-9-19(33)13-20(12-18)36-15-23-28(21-4-2-3-5-24(21)31)32-38-29(23)17-6-7-17/h2-5,10-11,14,17-20H,6-9,12-13,15H2,1H3,(H,34,35). The summed E-state index contributed by atoms with van der Waals surface area (Å²) in [5.41, 5.74) is 5.56. The average Bonchev–Trinajstić information content (AvgIpc) is 3.41. The van der Waals surface area contributed by atoms with Crippen molar-refractivity contribution in [3.8, 4) is 11.3 Å². The van der Waals surface area contributed by atoms with Gasteiger partial charge in [-0.1, -0.05) is 35.0 Å². The molecule has 2 aliphatic heterocycles. The number of halogens is 1. The SMILES string of the molecule is Cc1c(N2C3CCC2CC(OCc2c(-c4ccccc4Cl)noc2C2CC2)C3)ccc2oc(C(=O)O)cc12. The molecule has 7 nitrogen and oxygen atoms in total. The number of carboxylic acid groups (broad SMARTS) is 1. The van der Waals surface area contributed by atoms with Gasteiger partial charge in [0.05, 0.1) is 17.7 Å². The van der Waals surface area contributed by atoms with Gasteiger partial charge < -0.3 is 23.7 Å². The van der Waals surface area contributed by atoms with Crippen LogP contribution in [0.15, 0.2) is 51.4 Å². The molecule has 196 valence electrons. The van der Waals surface area contributed by atoms with E-state index in [0.717, 1.165) is 77.7 Å². The number of hydrogen-bond donors (Lipinski definition) is 1. The van der Waals surface area contributed by atoms with E-state index in [2.05, 4.69) is 23.0 Å². The van der Waals surface area contributed by atoms with Crippen LogP contribution in [0.1, 0.15) is 71.9 Å². The predicted octanol–water partition coefficient (Wildman–Crippen LogP) is 7.34. The Bertz CT molecular complexity index is 1520. The van der Waals surface area contributed by atoms with Gasteiger partial charge in [0.2, 0.25) is 5.76 Å². The molecule has 0 radical (unpaired) electrons. The molecule has 1 saturated carbocycles. The minimum absolute atomic E-state index is 0.0224. The van der Waals surface area contributed by atoms with Crippen LogP contribution in [0, 0.1) is 6.92 Å². The van der Waals surface area contributed by atoms with Gasteiger partial charge >= 0.3 is 5.97 Å². The summed E-state index contributed by atoms with van der Waals surface area (Å²) in [6.45, 7) is 2.53. The third kappa shape index (κ3) is 4.00. The van der Waals surface area contributed by atoms with Gasteiger partial charge in [-0.2, -0.15) is 0 Å². The molecule has 8 heteroatoms. The lowest BCUT2D eigenvalue weighted by molar-refractivity contribution is 0.0147. The Morgan fingerprint density at radius 3 is 2.61 bits per heavy atom. The first kappa shape index (κ1) is 23.8. The Kier molecular flexibility index (Phi) is 5.74. The first-order chi connectivity index (χ1) is 18.5. The van der Waals surface area contributed by atoms with Gasteiger partial charge in [0, 0.05) is 40.2 Å². The van der Waals surface area contributed by atoms with Crippen molar-refractivity contribution in [3.63, 3.8) is 0 Å². The molecule has 2 aromatic heterocycles. The Morgan fingerprint density at radius 1 is 1.13 bits per heavy atom. The van der Waals surface area contributed by atoms with Crippen molar-refractivity contribution in [2.45, 2.75) is 76.2 Å². The van der Waals surface area contributed by atoms with Crippen LogP contribution in [-0.4, -0.2) is 34.4 Å². The number of carboxylic acids is 1. The Balaban J connectivity index is 1.11. The van der Waals surface area contributed by atoms with Crippen LogP contribution in [0.3, 0.4) is 0 Å². The number of anilines is 1. The van der Waals surface area contributed by atoms with Crippen molar-refractivity contribution in [1.29, 1.82) is 0 Å². The molecule has 2 bridgehead atoms. The number of furan rings is 1. The average molecular weight is 533 g/mol. The van der Waals surface area contributed by atoms with E-state index in [9.17, 15) is 9.90 Å². The van der Waals surface area contributed by atoms with Crippen LogP contribution in [0.4, 0.5) is 5.69 Å². The number of aryl methyl sites for hydroxylation is 1. The van der Waals surface area contributed by atoms with E-state index >= 15 is 0 Å². The van der Waals surface area contributed by atoms with E-state index in [4.69, 9.17) is 25.3 Å². The molecule has 1 N–H and O–H groups in total. The van der Waals surface area contributed by atoms with Gasteiger partial charge in [-0.05, 0) is 75.3 Å². The first-order valence-electron chi connectivity index (χ1n) is 13.4. The van der Waals surface area contributed by atoms with Crippen molar-refractivity contribution < 1.29 is 23.6 Å². The first-order valence-corrected chi connectivity index (χ1v) is 13.8. The maximum absolute atomic E-state index is 11.4. The number of hydrogen-bond acceptors (Lipinski definition) is 6. The van der Waals surface area contributed by atoms with Gasteiger partial charge in [-0.25, -0.2) is 4.79 Å². The van der Waals surface area contributed by atoms with E-state index in [0.29, 0.717) is 35.2 Å². The maximum atomic E-state index is 11.4. The summed E-state index contributed by atoms with van der Waals surface area (Å²) in [7, 11) is 0. The van der Waals surface area contributed by atoms with E-state index in [1.54, 1.807) is 6.07 Å². The van der Waals surface area contributed by atoms with Crippen molar-refractivity contribution in [2.24, 2.45) is 0 Å². The minimum Gasteiger partial charge on any atom is -0.475 e. The summed E-state index contributed by atoms with van der Waals surface area (Å²) in [4.78, 5) is 13.9. The van der Waals surface area contributed by atoms with Gasteiger partial charge in [0.25, 0.3) is 0 Å². The smallest absolute Gasteiger partial charge is 0.371 e. The highest BCUT2D eigenvalue weighted by Gasteiger charge is 2.42. The zero-order valence-electron chi connectivity index (χ0n) is 21.2. The summed E-state index contributed by atoms with van der Waals surface area (Å²) in [6.07, 6.45) is 6.55. The second kappa shape index (κ2) is 9.17. The van der Waals surface area contributed by atoms with Crippen molar-refractivity contribution in [2.75, 3.05) is 4.90 Å². The molecule has 2 aromatic carbocycles. The molecule has 1 aliphatic carbocycles. The number of piperidine rings is 1. The molecule has 0 amide bonds. The Hall–Kier alpha value is -3.29. The molecule has 2 saturated heterocycles. The molecule has 4 aromatic rings. The molecular weight excluding hydrogens is 504 g/mol. The molecule has 0 spiro atoms. The van der Waals surface area contributed by atoms with Crippen LogP contribution in [-0.2, 0) is 11.3 Å². The second-order valence-electron chi connectivity index (χ2n) is 10.9. The number of ether oxygens (including phenoxy) is 1. The molecule has 4 heterocycles. The van der Waals surface area contributed by atoms with Crippen LogP contribution in [0.5, 0.6) is 0 Å². The van der Waals surface area contributed by atoms with Crippen LogP contribution < -0.4 is 4.90 Å². The van der Waals surface area contributed by atoms with Gasteiger partial charge in [-0.3, -0.25) is 0 Å². The lowest BCUT2D eigenvalue weighted by Gasteiger charge is -2.41. The molecule has 7 rings (SSSR count). The number of nitrogens with zero attached hydrogens (tertiary/aromatic N) is 2. The molecule has 38 heavy (non-hydrogen) atoms. The fraction of sp³-hybridized carbons (Fsp3) is 0.400. The monoisotopic (exact) mass is 532 g/mol. The summed E-state index contributed by atoms with van der Waals surface area (Å²) in [6, 6.07) is 14.1. The zero-order valence-corrected chi connectivity index (χ0v) is 21.9. The van der Waals surface area contributed by atoms with Crippen LogP contribution in [0.2, 0.25) is 5.02 Å². The van der Waals surface area contributed by atoms with E-state index < -0.39 is 5.97 Å². The van der Waals surface area contributed by atoms with Crippen LogP contribution >= 0.6 is 11.6 Å². The number of carbonyl (C=O) groups is 1. The molecule has 2 unspecified atom stereocenters. The minimum atomic E-state index is -1.05. The van der Waals surface area contributed by atoms with E-state index in [-0.39, 0.29) is 11.9 Å². The Morgan fingerprint density at radius 2 is 1.89 bits per heavy atom. The number of fused-ring (bicyclic) bond motifs is 3. The lowest BCUT2D eigenvalue weighted by Crippen LogP contribution is -2.45. The number of benzene rings is 2. The van der Waals surface area contributed by atoms with Crippen molar-refractivity contribution >= 4 is 34.2 Å². The third-order valence-corrected chi connectivity index (χ3v) is 8.81. The molecule has 3 fully saturated rings. The number of aromatic nitrogens is 1. The molecular formula is C30H29ClN2O5. The largest absolute Gasteiger partial charge is 0.475 e. The normalized spacial score (nSPS) is 22.9. The number of rotatable bonds is 7. The van der Waals surface area contributed by atoms with Gasteiger partial charge in [0.15, 0.2) is 0 Å². The quantitative estimate of drug-likeness (QED) is 0.266. The summed E-state index contributed by atoms with van der Waals surface area (Å²) >= 11 is 6.51. The highest BCUT2D eigenvalue weighted by atomic mass is 35.5. The Labute approximate surface area is 225 Å².